The van der Waals surface area contributed by atoms with Gasteiger partial charge in [0.25, 0.3) is 5.69 Å². The van der Waals surface area contributed by atoms with Crippen molar-refractivity contribution < 1.29 is 14.4 Å². The SMILES string of the molecule is COc1ccc(N=C2CCC(C)CC2)cc1.COc1ccc([N+](=O)[O-])cc1. The molecule has 0 bridgehead atoms. The Morgan fingerprint density at radius 3 is 1.85 bits per heavy atom. The molecule has 1 aliphatic rings. The molecule has 0 N–H and O–H groups in total. The highest BCUT2D eigenvalue weighted by Crippen LogP contribution is 2.25. The molecule has 0 radical (unpaired) electrons. The summed E-state index contributed by atoms with van der Waals surface area (Å²) >= 11 is 0. The van der Waals surface area contributed by atoms with E-state index in [2.05, 4.69) is 11.9 Å². The third kappa shape index (κ3) is 6.73. The van der Waals surface area contributed by atoms with E-state index in [9.17, 15) is 10.1 Å². The summed E-state index contributed by atoms with van der Waals surface area (Å²) in [6.07, 6.45) is 4.89. The highest BCUT2D eigenvalue weighted by atomic mass is 16.6. The molecule has 6 heteroatoms. The Morgan fingerprint density at radius 1 is 0.926 bits per heavy atom. The maximum absolute atomic E-state index is 10.2. The van der Waals surface area contributed by atoms with E-state index in [0.29, 0.717) is 5.75 Å². The summed E-state index contributed by atoms with van der Waals surface area (Å²) in [4.78, 5) is 14.4. The van der Waals surface area contributed by atoms with Crippen LogP contribution in [0.1, 0.15) is 32.6 Å². The van der Waals surface area contributed by atoms with Gasteiger partial charge in [0.1, 0.15) is 11.5 Å². The monoisotopic (exact) mass is 370 g/mol. The molecule has 0 heterocycles. The average Bonchev–Trinajstić information content (AvgIpc) is 2.71. The van der Waals surface area contributed by atoms with Gasteiger partial charge in [0.05, 0.1) is 24.8 Å². The van der Waals surface area contributed by atoms with Gasteiger partial charge in [-0.2, -0.15) is 0 Å². The number of rotatable bonds is 4. The summed E-state index contributed by atoms with van der Waals surface area (Å²) in [6, 6.07) is 13.9. The summed E-state index contributed by atoms with van der Waals surface area (Å²) in [6.45, 7) is 2.32. The number of methoxy groups -OCH3 is 2. The summed E-state index contributed by atoms with van der Waals surface area (Å²) in [5.74, 6) is 2.38. The Morgan fingerprint density at radius 2 is 1.41 bits per heavy atom. The number of nitro groups is 1. The third-order valence-corrected chi connectivity index (χ3v) is 4.49. The lowest BCUT2D eigenvalue weighted by atomic mass is 9.89. The molecular weight excluding hydrogens is 344 g/mol. The topological polar surface area (TPSA) is 74.0 Å². The van der Waals surface area contributed by atoms with Crippen LogP contribution in [0.5, 0.6) is 11.5 Å². The largest absolute Gasteiger partial charge is 0.497 e. The van der Waals surface area contributed by atoms with Gasteiger partial charge in [-0.25, -0.2) is 0 Å². The molecule has 0 aliphatic heterocycles. The van der Waals surface area contributed by atoms with Gasteiger partial charge in [-0.15, -0.1) is 0 Å². The van der Waals surface area contributed by atoms with Gasteiger partial charge in [-0.1, -0.05) is 6.92 Å². The molecule has 0 unspecified atom stereocenters. The minimum Gasteiger partial charge on any atom is -0.497 e. The van der Waals surface area contributed by atoms with E-state index in [0.717, 1.165) is 30.2 Å². The first-order valence-corrected chi connectivity index (χ1v) is 9.00. The van der Waals surface area contributed by atoms with E-state index >= 15 is 0 Å². The van der Waals surface area contributed by atoms with Gasteiger partial charge in [0, 0.05) is 17.8 Å². The van der Waals surface area contributed by atoms with Crippen molar-refractivity contribution in [2.24, 2.45) is 10.9 Å². The van der Waals surface area contributed by atoms with Crippen LogP contribution in [0.2, 0.25) is 0 Å². The molecule has 6 nitrogen and oxygen atoms in total. The molecule has 3 rings (SSSR count). The van der Waals surface area contributed by atoms with E-state index in [-0.39, 0.29) is 5.69 Å². The maximum atomic E-state index is 10.2. The number of nitrogens with zero attached hydrogens (tertiary/aromatic N) is 2. The second kappa shape index (κ2) is 10.3. The zero-order valence-electron chi connectivity index (χ0n) is 16.1. The minimum atomic E-state index is -0.445. The van der Waals surface area contributed by atoms with Crippen LogP contribution in [0.15, 0.2) is 53.5 Å². The fraction of sp³-hybridized carbons (Fsp3) is 0.381. The Balaban J connectivity index is 0.000000208. The average molecular weight is 370 g/mol. The summed E-state index contributed by atoms with van der Waals surface area (Å²) in [5.41, 5.74) is 2.47. The molecule has 0 spiro atoms. The lowest BCUT2D eigenvalue weighted by molar-refractivity contribution is -0.384. The van der Waals surface area contributed by atoms with Crippen LogP contribution in [0.25, 0.3) is 0 Å². The predicted molar refractivity (Wildman–Crippen MR) is 107 cm³/mol. The molecule has 144 valence electrons. The first-order valence-electron chi connectivity index (χ1n) is 9.00. The number of benzene rings is 2. The van der Waals surface area contributed by atoms with Gasteiger partial charge in [-0.05, 0) is 68.0 Å². The summed E-state index contributed by atoms with van der Waals surface area (Å²) < 4.78 is 9.95. The van der Waals surface area contributed by atoms with E-state index in [1.54, 1.807) is 19.2 Å². The second-order valence-corrected chi connectivity index (χ2v) is 6.51. The van der Waals surface area contributed by atoms with Crippen LogP contribution >= 0.6 is 0 Å². The molecule has 1 aliphatic carbocycles. The standard InChI is InChI=1S/C14H19NO.C7H7NO3/c1-11-3-5-12(6-4-11)15-13-7-9-14(16-2)10-8-13;1-11-7-4-2-6(3-5-7)8(9)10/h7-11H,3-6H2,1-2H3;2-5H,1H3. The van der Waals surface area contributed by atoms with Gasteiger partial charge in [-0.3, -0.25) is 15.1 Å². The van der Waals surface area contributed by atoms with Crippen LogP contribution in [0.4, 0.5) is 11.4 Å². The summed E-state index contributed by atoms with van der Waals surface area (Å²) in [7, 11) is 3.20. The maximum Gasteiger partial charge on any atom is 0.269 e. The van der Waals surface area contributed by atoms with Crippen molar-refractivity contribution in [2.75, 3.05) is 14.2 Å². The van der Waals surface area contributed by atoms with Crippen LogP contribution in [0, 0.1) is 16.0 Å². The molecule has 27 heavy (non-hydrogen) atoms. The number of hydrogen-bond donors (Lipinski definition) is 0. The quantitative estimate of drug-likeness (QED) is 0.520. The Hall–Kier alpha value is -2.89. The zero-order chi connectivity index (χ0) is 19.6. The Bertz CT molecular complexity index is 745. The van der Waals surface area contributed by atoms with Crippen LogP contribution in [-0.4, -0.2) is 24.9 Å². The van der Waals surface area contributed by atoms with Gasteiger partial charge >= 0.3 is 0 Å². The van der Waals surface area contributed by atoms with Crippen molar-refractivity contribution in [2.45, 2.75) is 32.6 Å². The number of non-ortho nitro benzene ring substituents is 1. The minimum absolute atomic E-state index is 0.0748. The van der Waals surface area contributed by atoms with Crippen molar-refractivity contribution in [1.29, 1.82) is 0 Å². The van der Waals surface area contributed by atoms with Crippen LogP contribution < -0.4 is 9.47 Å². The lowest BCUT2D eigenvalue weighted by Gasteiger charge is -2.18. The predicted octanol–water partition coefficient (Wildman–Crippen LogP) is 5.58. The van der Waals surface area contributed by atoms with Crippen molar-refractivity contribution in [3.05, 3.63) is 58.6 Å². The fourth-order valence-corrected chi connectivity index (χ4v) is 2.75. The Kier molecular flexibility index (Phi) is 7.79. The van der Waals surface area contributed by atoms with Crippen LogP contribution in [0.3, 0.4) is 0 Å². The highest BCUT2D eigenvalue weighted by molar-refractivity contribution is 5.87. The molecule has 1 fully saturated rings. The molecular formula is C21H26N2O4. The normalized spacial score (nSPS) is 16.0. The van der Waals surface area contributed by atoms with E-state index in [4.69, 9.17) is 9.47 Å². The van der Waals surface area contributed by atoms with Gasteiger partial charge in [0.2, 0.25) is 0 Å². The smallest absolute Gasteiger partial charge is 0.269 e. The molecule has 0 atom stereocenters. The number of nitro benzene ring substituents is 1. The summed E-state index contributed by atoms with van der Waals surface area (Å²) in [5, 5.41) is 10.2. The fourth-order valence-electron chi connectivity index (χ4n) is 2.75. The molecule has 2 aromatic rings. The molecule has 1 saturated carbocycles. The third-order valence-electron chi connectivity index (χ3n) is 4.49. The van der Waals surface area contributed by atoms with Crippen molar-refractivity contribution >= 4 is 17.1 Å². The zero-order valence-corrected chi connectivity index (χ0v) is 16.1. The van der Waals surface area contributed by atoms with Crippen molar-refractivity contribution in [3.8, 4) is 11.5 Å². The highest BCUT2D eigenvalue weighted by Gasteiger charge is 2.13. The van der Waals surface area contributed by atoms with E-state index in [1.807, 2.05) is 24.3 Å². The van der Waals surface area contributed by atoms with Crippen molar-refractivity contribution in [1.82, 2.24) is 0 Å². The van der Waals surface area contributed by atoms with Crippen molar-refractivity contribution in [3.63, 3.8) is 0 Å². The number of hydrogen-bond acceptors (Lipinski definition) is 5. The van der Waals surface area contributed by atoms with Gasteiger partial charge in [0.15, 0.2) is 0 Å². The first-order chi connectivity index (χ1) is 13.0. The molecule has 0 amide bonds. The van der Waals surface area contributed by atoms with Gasteiger partial charge < -0.3 is 9.47 Å². The van der Waals surface area contributed by atoms with E-state index < -0.39 is 4.92 Å². The molecule has 2 aromatic carbocycles. The molecule has 0 aromatic heterocycles. The van der Waals surface area contributed by atoms with Crippen LogP contribution in [-0.2, 0) is 0 Å². The lowest BCUT2D eigenvalue weighted by Crippen LogP contribution is -2.11. The Labute approximate surface area is 160 Å². The molecule has 0 saturated heterocycles. The second-order valence-electron chi connectivity index (χ2n) is 6.51. The van der Waals surface area contributed by atoms with E-state index in [1.165, 1.54) is 37.8 Å². The number of aliphatic imine (C=N–C) groups is 1. The number of ether oxygens (including phenoxy) is 2. The first kappa shape index (κ1) is 20.4.